The van der Waals surface area contributed by atoms with E-state index in [0.29, 0.717) is 38.6 Å². The molecule has 0 saturated heterocycles. The van der Waals surface area contributed by atoms with Crippen LogP contribution in [0, 0.1) is 0 Å². The molecule has 0 radical (unpaired) electrons. The fourth-order valence-corrected chi connectivity index (χ4v) is 3.03. The minimum atomic E-state index is -0.788. The van der Waals surface area contributed by atoms with Crippen molar-refractivity contribution < 1.29 is 18.7 Å². The minimum absolute atomic E-state index is 0.108. The molecular formula is C20H14Cl2N2O4. The van der Waals surface area contributed by atoms with Gasteiger partial charge < -0.3 is 13.9 Å². The maximum atomic E-state index is 12.2. The van der Waals surface area contributed by atoms with Crippen molar-refractivity contribution in [2.24, 2.45) is 5.10 Å². The first-order valence-electron chi connectivity index (χ1n) is 8.37. The molecule has 0 bridgehead atoms. The summed E-state index contributed by atoms with van der Waals surface area (Å²) in [6.07, 6.45) is 0.599. The van der Waals surface area contributed by atoms with Crippen LogP contribution in [0.2, 0.25) is 10.0 Å². The zero-order valence-electron chi connectivity index (χ0n) is 14.4. The monoisotopic (exact) mass is 416 g/mol. The summed E-state index contributed by atoms with van der Waals surface area (Å²) in [7, 11) is 0. The second-order valence-electron chi connectivity index (χ2n) is 5.90. The second-order valence-corrected chi connectivity index (χ2v) is 6.69. The predicted molar refractivity (Wildman–Crippen MR) is 106 cm³/mol. The highest BCUT2D eigenvalue weighted by molar-refractivity contribution is 6.43. The van der Waals surface area contributed by atoms with Crippen LogP contribution in [0.4, 0.5) is 0 Å². The van der Waals surface area contributed by atoms with Gasteiger partial charge in [-0.1, -0.05) is 41.4 Å². The molecule has 8 heteroatoms. The largest absolute Gasteiger partial charge is 0.485 e. The number of benzene rings is 2. The highest BCUT2D eigenvalue weighted by Gasteiger charge is 2.27. The van der Waals surface area contributed by atoms with Crippen LogP contribution in [-0.2, 0) is 4.79 Å². The summed E-state index contributed by atoms with van der Waals surface area (Å²) >= 11 is 12.2. The molecule has 0 aliphatic carbocycles. The van der Waals surface area contributed by atoms with Gasteiger partial charge >= 0.3 is 0 Å². The van der Waals surface area contributed by atoms with Crippen molar-refractivity contribution in [1.29, 1.82) is 0 Å². The van der Waals surface area contributed by atoms with Crippen molar-refractivity contribution in [2.45, 2.75) is 6.10 Å². The summed E-state index contributed by atoms with van der Waals surface area (Å²) in [6.45, 7) is 0.108. The summed E-state index contributed by atoms with van der Waals surface area (Å²) in [5.41, 5.74) is 3.09. The number of halogens is 2. The molecule has 1 N–H and O–H groups in total. The summed E-state index contributed by atoms with van der Waals surface area (Å²) < 4.78 is 16.8. The number of nitrogens with zero attached hydrogens (tertiary/aromatic N) is 1. The first-order valence-corrected chi connectivity index (χ1v) is 9.13. The molecule has 1 unspecified atom stereocenters. The van der Waals surface area contributed by atoms with E-state index < -0.39 is 12.0 Å². The Labute approximate surface area is 170 Å². The van der Waals surface area contributed by atoms with Crippen LogP contribution in [-0.4, -0.2) is 24.8 Å². The maximum absolute atomic E-state index is 12.2. The normalized spacial score (nSPS) is 15.6. The number of carbonyl (C=O) groups excluding carboxylic acids is 1. The molecule has 0 fully saturated rings. The molecule has 3 aromatic rings. The predicted octanol–water partition coefficient (Wildman–Crippen LogP) is 4.54. The van der Waals surface area contributed by atoms with Gasteiger partial charge in [0.25, 0.3) is 5.91 Å². The molecule has 1 atom stereocenters. The average molecular weight is 417 g/mol. The summed E-state index contributed by atoms with van der Waals surface area (Å²) in [6, 6.07) is 15.9. The molecule has 28 heavy (non-hydrogen) atoms. The third kappa shape index (κ3) is 3.83. The fraction of sp³-hybridized carbons (Fsp3) is 0.100. The first kappa shape index (κ1) is 18.4. The molecule has 2 aromatic carbocycles. The van der Waals surface area contributed by atoms with E-state index >= 15 is 0 Å². The summed E-state index contributed by atoms with van der Waals surface area (Å²) in [4.78, 5) is 12.2. The molecule has 4 rings (SSSR count). The van der Waals surface area contributed by atoms with Gasteiger partial charge in [-0.2, -0.15) is 5.10 Å². The Kier molecular flexibility index (Phi) is 5.23. The standard InChI is InChI=1S/C20H14Cl2N2O4/c21-14-5-3-4-13(19(14)22)15-9-8-12(27-15)10-23-24-20(25)18-11-26-16-6-1-2-7-17(16)28-18/h1-10,18H,11H2,(H,24,25)/b23-10+. The van der Waals surface area contributed by atoms with Crippen molar-refractivity contribution in [3.63, 3.8) is 0 Å². The SMILES string of the molecule is O=C(N/N=C/c1ccc(-c2cccc(Cl)c2Cl)o1)C1COc2ccccc2O1. The van der Waals surface area contributed by atoms with Crippen LogP contribution in [0.3, 0.4) is 0 Å². The summed E-state index contributed by atoms with van der Waals surface area (Å²) in [5.74, 6) is 1.69. The Morgan fingerprint density at radius 3 is 2.75 bits per heavy atom. The average Bonchev–Trinajstić information content (AvgIpc) is 3.18. The van der Waals surface area contributed by atoms with Crippen LogP contribution < -0.4 is 14.9 Å². The third-order valence-electron chi connectivity index (χ3n) is 4.01. The number of nitrogens with one attached hydrogen (secondary N) is 1. The highest BCUT2D eigenvalue weighted by atomic mass is 35.5. The van der Waals surface area contributed by atoms with Gasteiger partial charge in [0.05, 0.1) is 16.3 Å². The lowest BCUT2D eigenvalue weighted by molar-refractivity contribution is -0.130. The van der Waals surface area contributed by atoms with Crippen molar-refractivity contribution in [2.75, 3.05) is 6.61 Å². The van der Waals surface area contributed by atoms with Gasteiger partial charge in [0, 0.05) is 5.56 Å². The Bertz CT molecular complexity index is 1050. The molecule has 1 aliphatic rings. The second kappa shape index (κ2) is 7.96. The van der Waals surface area contributed by atoms with E-state index in [-0.39, 0.29) is 6.61 Å². The fourth-order valence-electron chi connectivity index (χ4n) is 2.64. The topological polar surface area (TPSA) is 73.1 Å². The number of amides is 1. The number of furan rings is 1. The molecule has 0 spiro atoms. The number of hydrogen-bond donors (Lipinski definition) is 1. The Morgan fingerprint density at radius 2 is 1.89 bits per heavy atom. The van der Waals surface area contributed by atoms with Crippen LogP contribution in [0.15, 0.2) is 64.1 Å². The number of para-hydroxylation sites is 2. The van der Waals surface area contributed by atoms with Crippen LogP contribution >= 0.6 is 23.2 Å². The molecule has 0 saturated carbocycles. The van der Waals surface area contributed by atoms with Crippen molar-refractivity contribution in [3.8, 4) is 22.8 Å². The zero-order valence-corrected chi connectivity index (χ0v) is 15.9. The lowest BCUT2D eigenvalue weighted by Crippen LogP contribution is -2.42. The Morgan fingerprint density at radius 1 is 1.07 bits per heavy atom. The van der Waals surface area contributed by atoms with Crippen LogP contribution in [0.5, 0.6) is 11.5 Å². The molecule has 6 nitrogen and oxygen atoms in total. The highest BCUT2D eigenvalue weighted by Crippen LogP contribution is 2.34. The van der Waals surface area contributed by atoms with Gasteiger partial charge in [-0.25, -0.2) is 5.43 Å². The van der Waals surface area contributed by atoms with Crippen LogP contribution in [0.1, 0.15) is 5.76 Å². The van der Waals surface area contributed by atoms with E-state index in [1.807, 2.05) is 6.07 Å². The van der Waals surface area contributed by atoms with E-state index in [9.17, 15) is 4.79 Å². The van der Waals surface area contributed by atoms with Gasteiger partial charge in [-0.15, -0.1) is 0 Å². The number of hydrogen-bond acceptors (Lipinski definition) is 5. The lowest BCUT2D eigenvalue weighted by atomic mass is 10.2. The number of ether oxygens (including phenoxy) is 2. The molecule has 2 heterocycles. The molecule has 1 amide bonds. The number of carbonyl (C=O) groups is 1. The van der Waals surface area contributed by atoms with E-state index in [1.54, 1.807) is 48.5 Å². The van der Waals surface area contributed by atoms with Gasteiger partial charge in [0.2, 0.25) is 6.10 Å². The van der Waals surface area contributed by atoms with E-state index in [1.165, 1.54) is 6.21 Å². The summed E-state index contributed by atoms with van der Waals surface area (Å²) in [5, 5.41) is 4.75. The molecule has 1 aliphatic heterocycles. The number of rotatable bonds is 4. The first-order chi connectivity index (χ1) is 13.6. The van der Waals surface area contributed by atoms with Crippen LogP contribution in [0.25, 0.3) is 11.3 Å². The Hall–Kier alpha value is -2.96. The van der Waals surface area contributed by atoms with Crippen molar-refractivity contribution >= 4 is 35.3 Å². The smallest absolute Gasteiger partial charge is 0.284 e. The van der Waals surface area contributed by atoms with E-state index in [2.05, 4.69) is 10.5 Å². The quantitative estimate of drug-likeness (QED) is 0.500. The number of fused-ring (bicyclic) bond motifs is 1. The third-order valence-corrected chi connectivity index (χ3v) is 4.83. The maximum Gasteiger partial charge on any atom is 0.284 e. The van der Waals surface area contributed by atoms with E-state index in [0.717, 1.165) is 0 Å². The van der Waals surface area contributed by atoms with Gasteiger partial charge in [0.1, 0.15) is 18.1 Å². The van der Waals surface area contributed by atoms with Crippen molar-refractivity contribution in [1.82, 2.24) is 5.43 Å². The number of hydrazone groups is 1. The van der Waals surface area contributed by atoms with Crippen molar-refractivity contribution in [3.05, 3.63) is 70.4 Å². The van der Waals surface area contributed by atoms with E-state index in [4.69, 9.17) is 37.1 Å². The van der Waals surface area contributed by atoms with Gasteiger partial charge in [0.15, 0.2) is 11.5 Å². The molecule has 142 valence electrons. The minimum Gasteiger partial charge on any atom is -0.485 e. The van der Waals surface area contributed by atoms with Gasteiger partial charge in [-0.3, -0.25) is 4.79 Å². The zero-order chi connectivity index (χ0) is 19.5. The molecule has 1 aromatic heterocycles. The van der Waals surface area contributed by atoms with Gasteiger partial charge in [-0.05, 0) is 36.4 Å². The lowest BCUT2D eigenvalue weighted by Gasteiger charge is -2.24. The Balaban J connectivity index is 1.39. The molecular weight excluding hydrogens is 403 g/mol.